The van der Waals surface area contributed by atoms with Gasteiger partial charge in [0.2, 0.25) is 0 Å². The highest BCUT2D eigenvalue weighted by molar-refractivity contribution is 6.62. The van der Waals surface area contributed by atoms with Crippen LogP contribution in [0.25, 0.3) is 38.4 Å². The zero-order valence-corrected chi connectivity index (χ0v) is 17.6. The molecule has 5 aromatic rings. The van der Waals surface area contributed by atoms with Crippen LogP contribution in [0.5, 0.6) is 0 Å². The number of para-hydroxylation sites is 3. The summed E-state index contributed by atoms with van der Waals surface area (Å²) in [6.07, 6.45) is 0. The average molecular weight is 394 g/mol. The smallest absolute Gasteiger partial charge is 0.399 e. The van der Waals surface area contributed by atoms with E-state index in [0.717, 1.165) is 33.0 Å². The first-order valence-electron chi connectivity index (χ1n) is 10.4. The number of rotatable bonds is 1. The molecule has 3 aromatic carbocycles. The lowest BCUT2D eigenvalue weighted by Gasteiger charge is -2.32. The lowest BCUT2D eigenvalue weighted by molar-refractivity contribution is 0.00578. The zero-order chi connectivity index (χ0) is 20.7. The molecule has 0 unspecified atom stereocenters. The molecule has 0 bridgehead atoms. The Morgan fingerprint density at radius 1 is 0.733 bits per heavy atom. The number of hydrogen-bond acceptors (Lipinski definition) is 3. The van der Waals surface area contributed by atoms with Crippen molar-refractivity contribution in [1.29, 1.82) is 0 Å². The average Bonchev–Trinajstić information content (AvgIpc) is 3.22. The molecule has 0 aliphatic carbocycles. The van der Waals surface area contributed by atoms with Crippen LogP contribution in [0, 0.1) is 0 Å². The third-order valence-corrected chi connectivity index (χ3v) is 6.81. The highest BCUT2D eigenvalue weighted by atomic mass is 16.7. The van der Waals surface area contributed by atoms with Crippen molar-refractivity contribution in [3.63, 3.8) is 0 Å². The predicted molar refractivity (Wildman–Crippen MR) is 123 cm³/mol. The minimum absolute atomic E-state index is 0.368. The van der Waals surface area contributed by atoms with Gasteiger partial charge in [0.25, 0.3) is 0 Å². The first-order valence-corrected chi connectivity index (χ1v) is 10.4. The van der Waals surface area contributed by atoms with Gasteiger partial charge in [0.15, 0.2) is 0 Å². The van der Waals surface area contributed by atoms with Gasteiger partial charge in [0.05, 0.1) is 27.8 Å². The number of hydrogen-bond donors (Lipinski definition) is 0. The molecule has 0 radical (unpaired) electrons. The SMILES string of the molecule is CC1(C)OB(c2ccc3c4ccccc4n4c5ccccc5nc4c3c2)OC1(C)C. The Labute approximate surface area is 175 Å². The van der Waals surface area contributed by atoms with E-state index in [1.165, 1.54) is 10.8 Å². The van der Waals surface area contributed by atoms with Gasteiger partial charge in [-0.3, -0.25) is 4.40 Å². The fourth-order valence-electron chi connectivity index (χ4n) is 4.45. The summed E-state index contributed by atoms with van der Waals surface area (Å²) in [4.78, 5) is 5.00. The van der Waals surface area contributed by atoms with Crippen LogP contribution in [0.15, 0.2) is 66.7 Å². The highest BCUT2D eigenvalue weighted by Gasteiger charge is 2.51. The zero-order valence-electron chi connectivity index (χ0n) is 17.6. The van der Waals surface area contributed by atoms with Gasteiger partial charge in [-0.1, -0.05) is 48.5 Å². The number of pyridine rings is 1. The summed E-state index contributed by atoms with van der Waals surface area (Å²) in [5.41, 5.74) is 4.52. The van der Waals surface area contributed by atoms with Crippen molar-refractivity contribution in [2.75, 3.05) is 0 Å². The van der Waals surface area contributed by atoms with E-state index in [1.54, 1.807) is 0 Å². The standard InChI is InChI=1S/C25H23BN2O2/c1-24(2)25(3,4)30-26(29-24)16-13-14-17-18-9-5-7-11-21(18)28-22-12-8-6-10-20(22)27-23(28)19(17)15-16/h5-15H,1-4H3. The van der Waals surface area contributed by atoms with Crippen LogP contribution in [0.4, 0.5) is 0 Å². The molecule has 2 aromatic heterocycles. The number of nitrogens with zero attached hydrogens (tertiary/aromatic N) is 2. The molecule has 30 heavy (non-hydrogen) atoms. The largest absolute Gasteiger partial charge is 0.494 e. The molecule has 1 aliphatic rings. The van der Waals surface area contributed by atoms with Crippen LogP contribution in [0.3, 0.4) is 0 Å². The van der Waals surface area contributed by atoms with Crippen molar-refractivity contribution >= 4 is 50.9 Å². The first kappa shape index (κ1) is 17.9. The van der Waals surface area contributed by atoms with E-state index in [1.807, 2.05) is 6.07 Å². The van der Waals surface area contributed by atoms with Crippen molar-refractivity contribution in [3.8, 4) is 0 Å². The second kappa shape index (κ2) is 5.84. The number of imidazole rings is 1. The van der Waals surface area contributed by atoms with Gasteiger partial charge in [0.1, 0.15) is 5.65 Å². The van der Waals surface area contributed by atoms with E-state index in [-0.39, 0.29) is 11.2 Å². The lowest BCUT2D eigenvalue weighted by atomic mass is 9.78. The Morgan fingerprint density at radius 3 is 2.17 bits per heavy atom. The maximum Gasteiger partial charge on any atom is 0.494 e. The van der Waals surface area contributed by atoms with Crippen molar-refractivity contribution < 1.29 is 9.31 Å². The summed E-state index contributed by atoms with van der Waals surface area (Å²) in [6.45, 7) is 8.34. The van der Waals surface area contributed by atoms with E-state index in [2.05, 4.69) is 92.8 Å². The summed E-state index contributed by atoms with van der Waals surface area (Å²) in [5.74, 6) is 0. The monoisotopic (exact) mass is 394 g/mol. The Morgan fingerprint density at radius 2 is 1.40 bits per heavy atom. The van der Waals surface area contributed by atoms with E-state index in [9.17, 15) is 0 Å². The van der Waals surface area contributed by atoms with E-state index >= 15 is 0 Å². The quantitative estimate of drug-likeness (QED) is 0.293. The Bertz CT molecular complexity index is 1450. The number of fused-ring (bicyclic) bond motifs is 8. The van der Waals surface area contributed by atoms with Crippen molar-refractivity contribution in [3.05, 3.63) is 66.7 Å². The molecule has 1 saturated heterocycles. The molecule has 6 rings (SSSR count). The van der Waals surface area contributed by atoms with E-state index in [0.29, 0.717) is 0 Å². The van der Waals surface area contributed by atoms with E-state index < -0.39 is 7.12 Å². The summed E-state index contributed by atoms with van der Waals surface area (Å²) in [5, 5.41) is 3.51. The van der Waals surface area contributed by atoms with Gasteiger partial charge in [-0.05, 0) is 56.7 Å². The summed E-state index contributed by atoms with van der Waals surface area (Å²) in [6, 6.07) is 23.3. The molecule has 0 atom stereocenters. The second-order valence-electron chi connectivity index (χ2n) is 9.17. The highest BCUT2D eigenvalue weighted by Crippen LogP contribution is 2.37. The maximum atomic E-state index is 6.31. The molecule has 0 saturated carbocycles. The van der Waals surface area contributed by atoms with Crippen LogP contribution >= 0.6 is 0 Å². The fraction of sp³-hybridized carbons (Fsp3) is 0.240. The van der Waals surface area contributed by atoms with Crippen molar-refractivity contribution in [2.45, 2.75) is 38.9 Å². The summed E-state index contributed by atoms with van der Waals surface area (Å²) < 4.78 is 14.9. The molecular formula is C25H23BN2O2. The molecule has 0 spiro atoms. The molecule has 3 heterocycles. The van der Waals surface area contributed by atoms with E-state index in [4.69, 9.17) is 14.3 Å². The molecule has 0 amide bonds. The van der Waals surface area contributed by atoms with Crippen LogP contribution in [-0.4, -0.2) is 27.7 Å². The summed E-state index contributed by atoms with van der Waals surface area (Å²) >= 11 is 0. The minimum atomic E-state index is -0.393. The van der Waals surface area contributed by atoms with Crippen LogP contribution in [0.2, 0.25) is 0 Å². The van der Waals surface area contributed by atoms with Gasteiger partial charge in [-0.2, -0.15) is 0 Å². The molecule has 148 valence electrons. The molecule has 0 N–H and O–H groups in total. The molecule has 1 fully saturated rings. The lowest BCUT2D eigenvalue weighted by Crippen LogP contribution is -2.41. The topological polar surface area (TPSA) is 35.8 Å². The van der Waals surface area contributed by atoms with Gasteiger partial charge in [0, 0.05) is 10.8 Å². The maximum absolute atomic E-state index is 6.31. The molecule has 5 heteroatoms. The van der Waals surface area contributed by atoms with Gasteiger partial charge < -0.3 is 9.31 Å². The molecule has 4 nitrogen and oxygen atoms in total. The molecule has 1 aliphatic heterocycles. The van der Waals surface area contributed by atoms with Gasteiger partial charge in [-0.15, -0.1) is 0 Å². The second-order valence-corrected chi connectivity index (χ2v) is 9.17. The third-order valence-electron chi connectivity index (χ3n) is 6.81. The Balaban J connectivity index is 1.68. The van der Waals surface area contributed by atoms with Crippen LogP contribution in [0.1, 0.15) is 27.7 Å². The third kappa shape index (κ3) is 2.33. The number of benzene rings is 3. The van der Waals surface area contributed by atoms with Crippen LogP contribution < -0.4 is 5.46 Å². The Kier molecular flexibility index (Phi) is 3.49. The van der Waals surface area contributed by atoms with Gasteiger partial charge >= 0.3 is 7.12 Å². The number of aromatic nitrogens is 2. The van der Waals surface area contributed by atoms with Crippen molar-refractivity contribution in [2.24, 2.45) is 0 Å². The Hall–Kier alpha value is -2.89. The molecular weight excluding hydrogens is 371 g/mol. The first-order chi connectivity index (χ1) is 14.4. The van der Waals surface area contributed by atoms with Gasteiger partial charge in [-0.25, -0.2) is 4.98 Å². The van der Waals surface area contributed by atoms with Crippen LogP contribution in [-0.2, 0) is 9.31 Å². The minimum Gasteiger partial charge on any atom is -0.399 e. The normalized spacial score (nSPS) is 18.2. The fourth-order valence-corrected chi connectivity index (χ4v) is 4.45. The predicted octanol–water partition coefficient (Wildman–Crippen LogP) is 5.09. The summed E-state index contributed by atoms with van der Waals surface area (Å²) in [7, 11) is -0.393. The van der Waals surface area contributed by atoms with Crippen molar-refractivity contribution in [1.82, 2.24) is 9.38 Å².